The summed E-state index contributed by atoms with van der Waals surface area (Å²) in [7, 11) is 0. The summed E-state index contributed by atoms with van der Waals surface area (Å²) in [5.41, 5.74) is 15.7. The van der Waals surface area contributed by atoms with E-state index in [9.17, 15) is 9.59 Å². The van der Waals surface area contributed by atoms with E-state index in [2.05, 4.69) is 4.99 Å². The van der Waals surface area contributed by atoms with E-state index in [1.54, 1.807) is 0 Å². The van der Waals surface area contributed by atoms with E-state index in [0.29, 0.717) is 19.4 Å². The molecule has 0 rings (SSSR count). The summed E-state index contributed by atoms with van der Waals surface area (Å²) in [4.78, 5) is 25.6. The maximum absolute atomic E-state index is 11.2. The van der Waals surface area contributed by atoms with Gasteiger partial charge in [0.1, 0.15) is 6.61 Å². The number of rotatable bonds is 6. The predicted octanol–water partition coefficient (Wildman–Crippen LogP) is -3.00. The number of hydrogen-bond acceptors (Lipinski definition) is 5. The Morgan fingerprint density at radius 2 is 2.00 bits per heavy atom. The number of aliphatic hydroxyl groups excluding tert-OH is 1. The molecule has 0 aromatic heterocycles. The molecule has 0 aliphatic carbocycles. The number of aliphatic imine (C=N–C) groups is 1. The Morgan fingerprint density at radius 1 is 1.38 bits per heavy atom. The zero-order chi connectivity index (χ0) is 12.6. The second-order valence-electron chi connectivity index (χ2n) is 3.13. The Hall–Kier alpha value is -1.67. The van der Waals surface area contributed by atoms with Crippen molar-refractivity contribution < 1.29 is 14.7 Å². The van der Waals surface area contributed by atoms with E-state index < -0.39 is 24.5 Å². The van der Waals surface area contributed by atoms with Crippen LogP contribution in [0.2, 0.25) is 0 Å². The van der Waals surface area contributed by atoms with E-state index in [4.69, 9.17) is 22.3 Å². The number of nitrogens with one attached hydrogen (secondary N) is 1. The van der Waals surface area contributed by atoms with Crippen LogP contribution in [0.3, 0.4) is 0 Å². The Kier molecular flexibility index (Phi) is 6.81. The summed E-state index contributed by atoms with van der Waals surface area (Å²) in [5.74, 6) is -1.41. The molecule has 8 nitrogen and oxygen atoms in total. The second kappa shape index (κ2) is 7.60. The minimum Gasteiger partial charge on any atom is -0.387 e. The Morgan fingerprint density at radius 3 is 2.50 bits per heavy atom. The van der Waals surface area contributed by atoms with Crippen LogP contribution in [0.4, 0.5) is 0 Å². The number of hydrogen-bond donors (Lipinski definition) is 5. The van der Waals surface area contributed by atoms with Crippen LogP contribution in [0.5, 0.6) is 0 Å². The molecule has 1 atom stereocenters. The molecular formula is C8H17N5O3. The highest BCUT2D eigenvalue weighted by Crippen LogP contribution is 1.95. The third kappa shape index (κ3) is 6.74. The van der Waals surface area contributed by atoms with Gasteiger partial charge in [-0.15, -0.1) is 0 Å². The van der Waals surface area contributed by atoms with Crippen molar-refractivity contribution in [1.29, 1.82) is 0 Å². The van der Waals surface area contributed by atoms with Gasteiger partial charge < -0.3 is 22.3 Å². The summed E-state index contributed by atoms with van der Waals surface area (Å²) in [6.45, 7) is -0.371. The molecule has 8 heteroatoms. The molecule has 8 N–H and O–H groups in total. The van der Waals surface area contributed by atoms with Crippen LogP contribution in [0.25, 0.3) is 0 Å². The van der Waals surface area contributed by atoms with Gasteiger partial charge in [0, 0.05) is 6.54 Å². The lowest BCUT2D eigenvalue weighted by Crippen LogP contribution is -2.44. The topological polar surface area (TPSA) is 157 Å². The van der Waals surface area contributed by atoms with Crippen molar-refractivity contribution in [2.24, 2.45) is 22.2 Å². The van der Waals surface area contributed by atoms with E-state index in [1.807, 2.05) is 5.32 Å². The molecule has 0 aliphatic rings. The smallest absolute Gasteiger partial charge is 0.252 e. The number of carbonyl (C=O) groups is 2. The van der Waals surface area contributed by atoms with Gasteiger partial charge in [-0.25, -0.2) is 0 Å². The SMILES string of the molecule is NC(N)=NCCC[C@H](N)C(=O)NC(=O)CO. The summed E-state index contributed by atoms with van der Waals surface area (Å²) in [6, 6.07) is -0.815. The first-order valence-electron chi connectivity index (χ1n) is 4.73. The van der Waals surface area contributed by atoms with Gasteiger partial charge in [-0.3, -0.25) is 19.9 Å². The van der Waals surface area contributed by atoms with Crippen LogP contribution in [0, 0.1) is 0 Å². The standard InChI is InChI=1S/C8H17N5O3/c9-5(2-1-3-12-8(10)11)7(16)13-6(15)4-14/h5,14H,1-4,9H2,(H4,10,11,12)(H,13,15,16)/t5-/m0/s1. The lowest BCUT2D eigenvalue weighted by molar-refractivity contribution is -0.132. The van der Waals surface area contributed by atoms with Crippen LogP contribution in [-0.2, 0) is 9.59 Å². The molecule has 0 fully saturated rings. The molecule has 0 bridgehead atoms. The number of imide groups is 1. The molecule has 0 radical (unpaired) electrons. The van der Waals surface area contributed by atoms with Crippen molar-refractivity contribution in [3.8, 4) is 0 Å². The zero-order valence-corrected chi connectivity index (χ0v) is 8.85. The van der Waals surface area contributed by atoms with Gasteiger partial charge in [-0.2, -0.15) is 0 Å². The van der Waals surface area contributed by atoms with Crippen LogP contribution in [0.15, 0.2) is 4.99 Å². The Balaban J connectivity index is 3.79. The summed E-state index contributed by atoms with van der Waals surface area (Å²) >= 11 is 0. The molecule has 0 aromatic carbocycles. The molecule has 0 saturated heterocycles. The van der Waals surface area contributed by atoms with Gasteiger partial charge >= 0.3 is 0 Å². The average Bonchev–Trinajstić information content (AvgIpc) is 2.23. The van der Waals surface area contributed by atoms with Crippen molar-refractivity contribution in [2.75, 3.05) is 13.2 Å². The number of nitrogens with two attached hydrogens (primary N) is 3. The van der Waals surface area contributed by atoms with Crippen molar-refractivity contribution in [3.63, 3.8) is 0 Å². The van der Waals surface area contributed by atoms with E-state index >= 15 is 0 Å². The molecule has 0 aromatic rings. The number of nitrogens with zero attached hydrogens (tertiary/aromatic N) is 1. The fourth-order valence-corrected chi connectivity index (χ4v) is 0.920. The predicted molar refractivity (Wildman–Crippen MR) is 58.1 cm³/mol. The van der Waals surface area contributed by atoms with E-state index in [0.717, 1.165) is 0 Å². The van der Waals surface area contributed by atoms with E-state index in [-0.39, 0.29) is 5.96 Å². The number of carbonyl (C=O) groups excluding carboxylic acids is 2. The number of guanidine groups is 1. The Bertz CT molecular complexity index is 275. The van der Waals surface area contributed by atoms with Gasteiger partial charge in [0.2, 0.25) is 5.91 Å². The molecule has 92 valence electrons. The van der Waals surface area contributed by atoms with Crippen LogP contribution >= 0.6 is 0 Å². The molecule has 0 saturated carbocycles. The quantitative estimate of drug-likeness (QED) is 0.186. The molecule has 0 spiro atoms. The molecule has 0 heterocycles. The summed E-state index contributed by atoms with van der Waals surface area (Å²) in [6.07, 6.45) is 0.876. The molecule has 0 aliphatic heterocycles. The first kappa shape index (κ1) is 14.3. The fraction of sp³-hybridized carbons (Fsp3) is 0.625. The highest BCUT2D eigenvalue weighted by molar-refractivity contribution is 5.98. The zero-order valence-electron chi connectivity index (χ0n) is 8.85. The number of aliphatic hydroxyl groups is 1. The average molecular weight is 231 g/mol. The van der Waals surface area contributed by atoms with Crippen molar-refractivity contribution in [2.45, 2.75) is 18.9 Å². The number of amides is 2. The van der Waals surface area contributed by atoms with Crippen molar-refractivity contribution in [3.05, 3.63) is 0 Å². The maximum Gasteiger partial charge on any atom is 0.252 e. The summed E-state index contributed by atoms with van der Waals surface area (Å²) < 4.78 is 0. The minimum absolute atomic E-state index is 0.0199. The van der Waals surface area contributed by atoms with Gasteiger partial charge in [0.15, 0.2) is 5.96 Å². The molecule has 16 heavy (non-hydrogen) atoms. The molecular weight excluding hydrogens is 214 g/mol. The van der Waals surface area contributed by atoms with Crippen LogP contribution in [0.1, 0.15) is 12.8 Å². The van der Waals surface area contributed by atoms with Gasteiger partial charge in [-0.05, 0) is 12.8 Å². The first-order chi connectivity index (χ1) is 7.47. The Labute approximate surface area is 92.9 Å². The van der Waals surface area contributed by atoms with Gasteiger partial charge in [-0.1, -0.05) is 0 Å². The van der Waals surface area contributed by atoms with Crippen LogP contribution in [-0.4, -0.2) is 42.1 Å². The lowest BCUT2D eigenvalue weighted by atomic mass is 10.1. The fourth-order valence-electron chi connectivity index (χ4n) is 0.920. The van der Waals surface area contributed by atoms with E-state index in [1.165, 1.54) is 0 Å². The minimum atomic E-state index is -0.815. The normalized spacial score (nSPS) is 11.6. The van der Waals surface area contributed by atoms with Gasteiger partial charge in [0.25, 0.3) is 5.91 Å². The van der Waals surface area contributed by atoms with Crippen molar-refractivity contribution in [1.82, 2.24) is 5.32 Å². The van der Waals surface area contributed by atoms with Crippen molar-refractivity contribution >= 4 is 17.8 Å². The highest BCUT2D eigenvalue weighted by Gasteiger charge is 2.14. The first-order valence-corrected chi connectivity index (χ1v) is 4.73. The van der Waals surface area contributed by atoms with Crippen LogP contribution < -0.4 is 22.5 Å². The largest absolute Gasteiger partial charge is 0.387 e. The molecule has 2 amide bonds. The maximum atomic E-state index is 11.2. The van der Waals surface area contributed by atoms with Gasteiger partial charge in [0.05, 0.1) is 6.04 Å². The third-order valence-electron chi connectivity index (χ3n) is 1.71. The molecule has 0 unspecified atom stereocenters. The monoisotopic (exact) mass is 231 g/mol. The second-order valence-corrected chi connectivity index (χ2v) is 3.13. The highest BCUT2D eigenvalue weighted by atomic mass is 16.3. The third-order valence-corrected chi connectivity index (χ3v) is 1.71. The summed E-state index contributed by atoms with van der Waals surface area (Å²) in [5, 5.41) is 10.3. The lowest BCUT2D eigenvalue weighted by Gasteiger charge is -2.09.